The Hall–Kier alpha value is -3.42. The fraction of sp³-hybridized carbons (Fsp3) is 0.379. The van der Waals surface area contributed by atoms with E-state index >= 15 is 0 Å². The molecule has 1 aliphatic heterocycles. The second-order valence-electron chi connectivity index (χ2n) is 9.89. The maximum absolute atomic E-state index is 12.8. The van der Waals surface area contributed by atoms with Gasteiger partial charge in [0.1, 0.15) is 11.5 Å². The molecule has 0 aromatic heterocycles. The van der Waals surface area contributed by atoms with Crippen LogP contribution in [0.4, 0.5) is 0 Å². The van der Waals surface area contributed by atoms with Gasteiger partial charge in [0.05, 0.1) is 5.60 Å². The number of rotatable bonds is 7. The average Bonchev–Trinajstić information content (AvgIpc) is 2.83. The van der Waals surface area contributed by atoms with Gasteiger partial charge in [0.2, 0.25) is 5.91 Å². The highest BCUT2D eigenvalue weighted by molar-refractivity contribution is 5.92. The number of hydrogen-bond acceptors (Lipinski definition) is 6. The van der Waals surface area contributed by atoms with Gasteiger partial charge in [0.25, 0.3) is 0 Å². The third kappa shape index (κ3) is 5.53. The van der Waals surface area contributed by atoms with Crippen molar-refractivity contribution in [3.05, 3.63) is 78.4 Å². The number of fused-ring (bicyclic) bond motifs is 1. The van der Waals surface area contributed by atoms with E-state index in [9.17, 15) is 19.8 Å². The quantitative estimate of drug-likeness (QED) is 0.238. The largest absolute Gasteiger partial charge is 0.508 e. The van der Waals surface area contributed by atoms with Gasteiger partial charge in [-0.25, -0.2) is 0 Å². The molecule has 1 aliphatic carbocycles. The summed E-state index contributed by atoms with van der Waals surface area (Å²) in [5, 5.41) is 24.8. The van der Waals surface area contributed by atoms with Crippen LogP contribution in [0.3, 0.4) is 0 Å². The number of ether oxygens (including phenoxy) is 1. The Morgan fingerprint density at radius 1 is 1.22 bits per heavy atom. The van der Waals surface area contributed by atoms with Gasteiger partial charge < -0.3 is 20.3 Å². The molecular weight excluding hydrogens is 456 g/mol. The molecule has 2 aliphatic rings. The first-order valence-corrected chi connectivity index (χ1v) is 12.4. The number of nitrogens with one attached hydrogen (secondary N) is 1. The fourth-order valence-electron chi connectivity index (χ4n) is 5.79. The van der Waals surface area contributed by atoms with Crippen LogP contribution in [0.1, 0.15) is 43.7 Å². The van der Waals surface area contributed by atoms with Gasteiger partial charge in [-0.15, -0.1) is 6.58 Å². The Morgan fingerprint density at radius 3 is 2.78 bits per heavy atom. The van der Waals surface area contributed by atoms with Crippen molar-refractivity contribution in [2.24, 2.45) is 0 Å². The number of amides is 1. The van der Waals surface area contributed by atoms with Crippen LogP contribution in [-0.4, -0.2) is 58.3 Å². The number of aromatic hydroxyl groups is 1. The predicted octanol–water partition coefficient (Wildman–Crippen LogP) is 3.56. The molecule has 0 radical (unpaired) electrons. The van der Waals surface area contributed by atoms with E-state index in [2.05, 4.69) is 16.8 Å². The Balaban J connectivity index is 1.58. The minimum absolute atomic E-state index is 0.130. The lowest BCUT2D eigenvalue weighted by atomic mass is 9.55. The molecule has 1 saturated heterocycles. The Labute approximate surface area is 212 Å². The molecule has 4 rings (SSSR count). The first kappa shape index (κ1) is 25.7. The molecule has 0 spiro atoms. The fourth-order valence-corrected chi connectivity index (χ4v) is 5.79. The maximum atomic E-state index is 12.8. The monoisotopic (exact) mass is 490 g/mol. The van der Waals surface area contributed by atoms with E-state index in [0.717, 1.165) is 17.7 Å². The van der Waals surface area contributed by atoms with E-state index in [0.29, 0.717) is 44.5 Å². The van der Waals surface area contributed by atoms with Crippen LogP contribution in [0.2, 0.25) is 0 Å². The van der Waals surface area contributed by atoms with Crippen molar-refractivity contribution >= 4 is 18.0 Å². The summed E-state index contributed by atoms with van der Waals surface area (Å²) in [4.78, 5) is 26.5. The number of aliphatic hydroxyl groups is 1. The van der Waals surface area contributed by atoms with Crippen molar-refractivity contribution in [2.45, 2.75) is 49.7 Å². The topological polar surface area (TPSA) is 99.1 Å². The van der Waals surface area contributed by atoms with Crippen molar-refractivity contribution in [1.29, 1.82) is 0 Å². The van der Waals surface area contributed by atoms with Crippen molar-refractivity contribution < 1.29 is 24.5 Å². The number of carbonyl (C=O) groups is 2. The van der Waals surface area contributed by atoms with Crippen LogP contribution in [0.25, 0.3) is 6.08 Å². The van der Waals surface area contributed by atoms with Crippen LogP contribution in [0, 0.1) is 0 Å². The third-order valence-electron chi connectivity index (χ3n) is 7.41. The van der Waals surface area contributed by atoms with Gasteiger partial charge in [-0.1, -0.05) is 30.3 Å². The second kappa shape index (κ2) is 10.7. The summed E-state index contributed by atoms with van der Waals surface area (Å²) in [5.41, 5.74) is 0.0426. The van der Waals surface area contributed by atoms with Gasteiger partial charge in [0, 0.05) is 37.5 Å². The van der Waals surface area contributed by atoms with Gasteiger partial charge >= 0.3 is 5.97 Å². The lowest BCUT2D eigenvalue weighted by molar-refractivity contribution is -0.132. The van der Waals surface area contributed by atoms with E-state index in [4.69, 9.17) is 4.74 Å². The molecule has 190 valence electrons. The summed E-state index contributed by atoms with van der Waals surface area (Å²) in [7, 11) is 0. The Morgan fingerprint density at radius 2 is 2.03 bits per heavy atom. The summed E-state index contributed by atoms with van der Waals surface area (Å²) < 4.78 is 5.35. The van der Waals surface area contributed by atoms with Crippen molar-refractivity contribution in [2.75, 3.05) is 19.6 Å². The zero-order valence-electron chi connectivity index (χ0n) is 20.7. The average molecular weight is 491 g/mol. The molecule has 0 bridgehead atoms. The molecule has 36 heavy (non-hydrogen) atoms. The van der Waals surface area contributed by atoms with Gasteiger partial charge in [-0.05, 0) is 73.7 Å². The van der Waals surface area contributed by atoms with Crippen LogP contribution < -0.4 is 10.1 Å². The molecule has 2 aromatic rings. The second-order valence-corrected chi connectivity index (χ2v) is 9.89. The third-order valence-corrected chi connectivity index (χ3v) is 7.41. The first-order valence-electron chi connectivity index (χ1n) is 12.4. The van der Waals surface area contributed by atoms with Crippen molar-refractivity contribution in [3.8, 4) is 11.5 Å². The first-order chi connectivity index (χ1) is 17.2. The van der Waals surface area contributed by atoms with Crippen LogP contribution in [-0.2, 0) is 15.0 Å². The number of likely N-dealkylation sites (tertiary alicyclic amines) is 1. The number of piperidine rings is 1. The van der Waals surface area contributed by atoms with E-state index in [1.54, 1.807) is 30.3 Å². The van der Waals surface area contributed by atoms with Crippen LogP contribution >= 0.6 is 0 Å². The number of phenols is 1. The molecule has 1 saturated carbocycles. The number of β-amino-alcohol motifs (C(OH)–C–C–N with tert-alkyl or cyclic N) is 1. The standard InChI is InChI=1S/C29H34N2O5/c1-3-15-31-16-14-28(23-7-5-9-26(18-23)36-21(2)32)19-24(12-13-29(28,35)20-31)30-27(34)11-10-22-6-4-8-25(33)17-22/h3-11,17-18,24,33,35H,1,12-16,19-20H2,2H3,(H,30,34). The molecule has 7 nitrogen and oxygen atoms in total. The molecule has 3 N–H and O–H groups in total. The molecule has 1 heterocycles. The molecular formula is C29H34N2O5. The number of hydrogen-bond donors (Lipinski definition) is 3. The Kier molecular flexibility index (Phi) is 7.62. The molecule has 2 fully saturated rings. The van der Waals surface area contributed by atoms with E-state index in [1.165, 1.54) is 13.0 Å². The highest BCUT2D eigenvalue weighted by Crippen LogP contribution is 2.52. The van der Waals surface area contributed by atoms with Crippen molar-refractivity contribution in [3.63, 3.8) is 0 Å². The summed E-state index contributed by atoms with van der Waals surface area (Å²) in [6.07, 6.45) is 7.43. The summed E-state index contributed by atoms with van der Waals surface area (Å²) in [6.45, 7) is 7.20. The lowest BCUT2D eigenvalue weighted by Gasteiger charge is -2.58. The predicted molar refractivity (Wildman–Crippen MR) is 139 cm³/mol. The van der Waals surface area contributed by atoms with Crippen LogP contribution in [0.5, 0.6) is 11.5 Å². The molecule has 3 unspecified atom stereocenters. The Bertz CT molecular complexity index is 1160. The van der Waals surface area contributed by atoms with Gasteiger partial charge in [-0.3, -0.25) is 14.5 Å². The number of carbonyl (C=O) groups excluding carboxylic acids is 2. The zero-order valence-corrected chi connectivity index (χ0v) is 20.7. The van der Waals surface area contributed by atoms with Crippen molar-refractivity contribution in [1.82, 2.24) is 10.2 Å². The van der Waals surface area contributed by atoms with Gasteiger partial charge in [0.15, 0.2) is 0 Å². The highest BCUT2D eigenvalue weighted by atomic mass is 16.5. The number of esters is 1. The SMILES string of the molecule is C=CCN1CCC2(c3cccc(OC(C)=O)c3)CC(NC(=O)C=Cc3cccc(O)c3)CCC2(O)C1. The minimum Gasteiger partial charge on any atom is -0.508 e. The number of phenolic OH excluding ortho intramolecular Hbond substituents is 1. The summed E-state index contributed by atoms with van der Waals surface area (Å²) in [5.74, 6) is -0.0231. The number of benzene rings is 2. The highest BCUT2D eigenvalue weighted by Gasteiger charge is 2.57. The van der Waals surface area contributed by atoms with E-state index in [1.807, 2.05) is 30.3 Å². The maximum Gasteiger partial charge on any atom is 0.308 e. The molecule has 1 amide bonds. The summed E-state index contributed by atoms with van der Waals surface area (Å²) >= 11 is 0. The number of nitrogens with zero attached hydrogens (tertiary/aromatic N) is 1. The van der Waals surface area contributed by atoms with Gasteiger partial charge in [-0.2, -0.15) is 0 Å². The smallest absolute Gasteiger partial charge is 0.308 e. The van der Waals surface area contributed by atoms with E-state index in [-0.39, 0.29) is 17.7 Å². The zero-order chi connectivity index (χ0) is 25.8. The lowest BCUT2D eigenvalue weighted by Crippen LogP contribution is -2.67. The molecule has 3 atom stereocenters. The van der Waals surface area contributed by atoms with E-state index < -0.39 is 17.0 Å². The summed E-state index contributed by atoms with van der Waals surface area (Å²) in [6, 6.07) is 14.0. The molecule has 2 aromatic carbocycles. The minimum atomic E-state index is -0.998. The molecule has 7 heteroatoms. The van der Waals surface area contributed by atoms with Crippen LogP contribution in [0.15, 0.2) is 67.3 Å². The normalized spacial score (nSPS) is 26.2.